The summed E-state index contributed by atoms with van der Waals surface area (Å²) in [5.41, 5.74) is -2.29. The number of hydrogen-bond donors (Lipinski definition) is 2. The van der Waals surface area contributed by atoms with Gasteiger partial charge in [-0.1, -0.05) is 0 Å². The van der Waals surface area contributed by atoms with Crippen molar-refractivity contribution in [3.63, 3.8) is 0 Å². The highest BCUT2D eigenvalue weighted by molar-refractivity contribution is 5.97. The molecule has 0 fully saturated rings. The molecular weight excluding hydrogens is 270 g/mol. The van der Waals surface area contributed by atoms with E-state index in [0.717, 1.165) is 6.92 Å². The van der Waals surface area contributed by atoms with Crippen molar-refractivity contribution in [2.24, 2.45) is 0 Å². The summed E-state index contributed by atoms with van der Waals surface area (Å²) in [4.78, 5) is 22.0. The zero-order chi connectivity index (χ0) is 14.8. The molecule has 19 heavy (non-hydrogen) atoms. The van der Waals surface area contributed by atoms with Crippen LogP contribution in [0.25, 0.3) is 0 Å². The van der Waals surface area contributed by atoms with Crippen LogP contribution in [0.3, 0.4) is 0 Å². The predicted octanol–water partition coefficient (Wildman–Crippen LogP) is 2.05. The Balaban J connectivity index is 3.13. The van der Waals surface area contributed by atoms with Crippen LogP contribution >= 0.6 is 0 Å². The largest absolute Gasteiger partial charge is 0.480 e. The van der Waals surface area contributed by atoms with Crippen LogP contribution in [0.4, 0.5) is 17.6 Å². The maximum atomic E-state index is 12.8. The van der Waals surface area contributed by atoms with E-state index in [-0.39, 0.29) is 6.07 Å². The summed E-state index contributed by atoms with van der Waals surface area (Å²) >= 11 is 0. The number of carbonyl (C=O) groups is 2. The van der Waals surface area contributed by atoms with Crippen LogP contribution in [0.15, 0.2) is 18.2 Å². The maximum absolute atomic E-state index is 12.8. The highest BCUT2D eigenvalue weighted by Crippen LogP contribution is 2.32. The number of carboxylic acid groups (broad SMARTS) is 1. The molecule has 0 heterocycles. The van der Waals surface area contributed by atoms with Gasteiger partial charge in [0.05, 0.1) is 11.1 Å². The average Bonchev–Trinajstić information content (AvgIpc) is 2.27. The van der Waals surface area contributed by atoms with Gasteiger partial charge in [-0.3, -0.25) is 9.59 Å². The molecule has 4 nitrogen and oxygen atoms in total. The number of amides is 1. The van der Waals surface area contributed by atoms with Gasteiger partial charge in [-0.15, -0.1) is 0 Å². The number of carboxylic acids is 1. The molecule has 1 rings (SSSR count). The molecule has 0 radical (unpaired) electrons. The molecule has 0 aromatic heterocycles. The second-order valence-electron chi connectivity index (χ2n) is 3.72. The third-order valence-electron chi connectivity index (χ3n) is 2.25. The number of benzene rings is 1. The zero-order valence-electron chi connectivity index (χ0n) is 9.58. The van der Waals surface area contributed by atoms with Crippen LogP contribution in [0.1, 0.15) is 22.8 Å². The van der Waals surface area contributed by atoms with E-state index >= 15 is 0 Å². The summed E-state index contributed by atoms with van der Waals surface area (Å²) in [6.07, 6.45) is -4.92. The second kappa shape index (κ2) is 5.25. The van der Waals surface area contributed by atoms with E-state index in [0.29, 0.717) is 12.1 Å². The highest BCUT2D eigenvalue weighted by atomic mass is 19.4. The van der Waals surface area contributed by atoms with Crippen molar-refractivity contribution < 1.29 is 32.3 Å². The fourth-order valence-corrected chi connectivity index (χ4v) is 1.29. The number of carbonyl (C=O) groups excluding carboxylic acids is 1. The first-order chi connectivity index (χ1) is 8.62. The molecule has 1 amide bonds. The van der Waals surface area contributed by atoms with Crippen molar-refractivity contribution >= 4 is 11.9 Å². The smallest absolute Gasteiger partial charge is 0.417 e. The molecule has 1 aromatic carbocycles. The minimum absolute atomic E-state index is 0.181. The Hall–Kier alpha value is -2.12. The van der Waals surface area contributed by atoms with Gasteiger partial charge in [0.1, 0.15) is 11.9 Å². The average molecular weight is 279 g/mol. The summed E-state index contributed by atoms with van der Waals surface area (Å²) in [5, 5.41) is 10.4. The Kier molecular flexibility index (Phi) is 4.13. The Bertz CT molecular complexity index is 513. The minimum Gasteiger partial charge on any atom is -0.480 e. The van der Waals surface area contributed by atoms with E-state index in [1.807, 2.05) is 5.32 Å². The SMILES string of the molecule is C[C@@H](NC(=O)c1ccc(F)cc1C(F)(F)F)C(=O)O. The number of rotatable bonds is 3. The van der Waals surface area contributed by atoms with Crippen molar-refractivity contribution in [3.8, 4) is 0 Å². The predicted molar refractivity (Wildman–Crippen MR) is 56.0 cm³/mol. The lowest BCUT2D eigenvalue weighted by Crippen LogP contribution is -2.39. The normalized spacial score (nSPS) is 12.9. The van der Waals surface area contributed by atoms with Crippen LogP contribution in [0.2, 0.25) is 0 Å². The summed E-state index contributed by atoms with van der Waals surface area (Å²) in [5.74, 6) is -3.78. The number of aliphatic carboxylic acids is 1. The molecule has 0 saturated heterocycles. The lowest BCUT2D eigenvalue weighted by Gasteiger charge is -2.14. The van der Waals surface area contributed by atoms with Gasteiger partial charge in [-0.25, -0.2) is 4.39 Å². The van der Waals surface area contributed by atoms with Gasteiger partial charge in [0, 0.05) is 0 Å². The van der Waals surface area contributed by atoms with Gasteiger partial charge in [0.25, 0.3) is 5.91 Å². The fraction of sp³-hybridized carbons (Fsp3) is 0.273. The molecule has 8 heteroatoms. The zero-order valence-corrected chi connectivity index (χ0v) is 9.58. The van der Waals surface area contributed by atoms with E-state index in [9.17, 15) is 27.2 Å². The molecule has 1 aromatic rings. The highest BCUT2D eigenvalue weighted by Gasteiger charge is 2.36. The fourth-order valence-electron chi connectivity index (χ4n) is 1.29. The summed E-state index contributed by atoms with van der Waals surface area (Å²) in [6, 6.07) is 0.163. The van der Waals surface area contributed by atoms with Gasteiger partial charge >= 0.3 is 12.1 Å². The van der Waals surface area contributed by atoms with Crippen LogP contribution < -0.4 is 5.32 Å². The molecule has 0 aliphatic carbocycles. The summed E-state index contributed by atoms with van der Waals surface area (Å²) in [6.45, 7) is 1.09. The quantitative estimate of drug-likeness (QED) is 0.832. The first-order valence-electron chi connectivity index (χ1n) is 5.03. The van der Waals surface area contributed by atoms with Crippen LogP contribution in [-0.4, -0.2) is 23.0 Å². The van der Waals surface area contributed by atoms with Crippen molar-refractivity contribution in [1.29, 1.82) is 0 Å². The number of nitrogens with one attached hydrogen (secondary N) is 1. The number of alkyl halides is 3. The van der Waals surface area contributed by atoms with E-state index in [1.165, 1.54) is 0 Å². The number of hydrogen-bond acceptors (Lipinski definition) is 2. The third kappa shape index (κ3) is 3.67. The molecule has 0 aliphatic heterocycles. The van der Waals surface area contributed by atoms with E-state index in [2.05, 4.69) is 0 Å². The van der Waals surface area contributed by atoms with Crippen molar-refractivity contribution in [1.82, 2.24) is 5.32 Å². The minimum atomic E-state index is -4.92. The van der Waals surface area contributed by atoms with Crippen LogP contribution in [0.5, 0.6) is 0 Å². The molecule has 0 spiro atoms. The van der Waals surface area contributed by atoms with Crippen molar-refractivity contribution in [2.45, 2.75) is 19.1 Å². The first-order valence-corrected chi connectivity index (χ1v) is 5.03. The molecule has 1 atom stereocenters. The topological polar surface area (TPSA) is 66.4 Å². The van der Waals surface area contributed by atoms with Crippen molar-refractivity contribution in [2.75, 3.05) is 0 Å². The molecule has 0 unspecified atom stereocenters. The summed E-state index contributed by atoms with van der Waals surface area (Å²) < 4.78 is 50.7. The van der Waals surface area contributed by atoms with Gasteiger partial charge in [0.2, 0.25) is 0 Å². The molecular formula is C11H9F4NO3. The summed E-state index contributed by atoms with van der Waals surface area (Å²) in [7, 11) is 0. The molecule has 0 aliphatic rings. The Morgan fingerprint density at radius 3 is 2.37 bits per heavy atom. The monoisotopic (exact) mass is 279 g/mol. The van der Waals surface area contributed by atoms with E-state index in [1.54, 1.807) is 0 Å². The Morgan fingerprint density at radius 1 is 1.32 bits per heavy atom. The standard InChI is InChI=1S/C11H9F4NO3/c1-5(10(18)19)16-9(17)7-3-2-6(12)4-8(7)11(13,14)15/h2-5H,1H3,(H,16,17)(H,18,19)/t5-/m1/s1. The Labute approximate surface area is 105 Å². The third-order valence-corrected chi connectivity index (χ3v) is 2.25. The van der Waals surface area contributed by atoms with Gasteiger partial charge < -0.3 is 10.4 Å². The van der Waals surface area contributed by atoms with Gasteiger partial charge in [-0.2, -0.15) is 13.2 Å². The maximum Gasteiger partial charge on any atom is 0.417 e. The lowest BCUT2D eigenvalue weighted by molar-refractivity contribution is -0.138. The van der Waals surface area contributed by atoms with Crippen molar-refractivity contribution in [3.05, 3.63) is 35.1 Å². The first kappa shape index (κ1) is 14.9. The number of halogens is 4. The molecule has 0 saturated carbocycles. The van der Waals surface area contributed by atoms with E-state index < -0.39 is 41.0 Å². The van der Waals surface area contributed by atoms with Crippen LogP contribution in [0, 0.1) is 5.82 Å². The molecule has 104 valence electrons. The van der Waals surface area contributed by atoms with Crippen LogP contribution in [-0.2, 0) is 11.0 Å². The lowest BCUT2D eigenvalue weighted by atomic mass is 10.1. The van der Waals surface area contributed by atoms with Gasteiger partial charge in [0.15, 0.2) is 0 Å². The van der Waals surface area contributed by atoms with Gasteiger partial charge in [-0.05, 0) is 25.1 Å². The second-order valence-corrected chi connectivity index (χ2v) is 3.72. The van der Waals surface area contributed by atoms with E-state index in [4.69, 9.17) is 5.11 Å². The molecule has 0 bridgehead atoms. The molecule has 2 N–H and O–H groups in total. The Morgan fingerprint density at radius 2 is 1.89 bits per heavy atom.